The van der Waals surface area contributed by atoms with E-state index in [2.05, 4.69) is 18.7 Å². The number of rotatable bonds is 8. The standard InChI is InChI=1S/C25H27ClN2O/c1-4-28(5-2)24-8-6-7-22(27-24)17-23(19-13-15-21(26)16-14-19)25(29)20-11-9-18(3)10-12-20/h6-16,23H,4-5,17H2,1-3H3. The molecule has 29 heavy (non-hydrogen) atoms. The average molecular weight is 407 g/mol. The number of carbonyl (C=O) groups excluding carboxylic acids is 1. The fraction of sp³-hybridized carbons (Fsp3) is 0.280. The van der Waals surface area contributed by atoms with Crippen molar-refractivity contribution < 1.29 is 4.79 Å². The summed E-state index contributed by atoms with van der Waals surface area (Å²) in [4.78, 5) is 20.5. The molecule has 0 aliphatic carbocycles. The van der Waals surface area contributed by atoms with Crippen molar-refractivity contribution >= 4 is 23.2 Å². The maximum Gasteiger partial charge on any atom is 0.170 e. The Hall–Kier alpha value is -2.65. The first-order valence-corrected chi connectivity index (χ1v) is 10.5. The molecule has 1 aromatic heterocycles. The summed E-state index contributed by atoms with van der Waals surface area (Å²) < 4.78 is 0. The van der Waals surface area contributed by atoms with E-state index in [1.165, 1.54) is 0 Å². The molecule has 2 aromatic carbocycles. The van der Waals surface area contributed by atoms with Crippen LogP contribution in [0.5, 0.6) is 0 Å². The summed E-state index contributed by atoms with van der Waals surface area (Å²) in [5.74, 6) is 0.738. The van der Waals surface area contributed by atoms with E-state index in [0.29, 0.717) is 11.4 Å². The first-order chi connectivity index (χ1) is 14.0. The van der Waals surface area contributed by atoms with Gasteiger partial charge in [0.1, 0.15) is 5.82 Å². The number of aryl methyl sites for hydroxylation is 1. The van der Waals surface area contributed by atoms with Gasteiger partial charge in [0.05, 0.1) is 5.92 Å². The van der Waals surface area contributed by atoms with E-state index < -0.39 is 0 Å². The molecule has 0 fully saturated rings. The Balaban J connectivity index is 1.95. The highest BCUT2D eigenvalue weighted by molar-refractivity contribution is 6.30. The Labute approximate surface area is 178 Å². The van der Waals surface area contributed by atoms with Gasteiger partial charge in [-0.05, 0) is 50.6 Å². The molecule has 1 unspecified atom stereocenters. The number of benzene rings is 2. The minimum Gasteiger partial charge on any atom is -0.357 e. The predicted octanol–water partition coefficient (Wildman–Crippen LogP) is 6.10. The molecule has 3 nitrogen and oxygen atoms in total. The van der Waals surface area contributed by atoms with Crippen molar-refractivity contribution in [3.63, 3.8) is 0 Å². The molecule has 0 saturated carbocycles. The van der Waals surface area contributed by atoms with E-state index in [1.807, 2.05) is 73.7 Å². The molecule has 0 N–H and O–H groups in total. The first-order valence-electron chi connectivity index (χ1n) is 10.1. The van der Waals surface area contributed by atoms with Crippen LogP contribution in [0.1, 0.15) is 46.9 Å². The molecule has 3 rings (SSSR count). The van der Waals surface area contributed by atoms with Crippen LogP contribution in [0.2, 0.25) is 5.02 Å². The number of anilines is 1. The van der Waals surface area contributed by atoms with Gasteiger partial charge in [0, 0.05) is 35.8 Å². The van der Waals surface area contributed by atoms with Crippen LogP contribution >= 0.6 is 11.6 Å². The second-order valence-electron chi connectivity index (χ2n) is 7.20. The maximum absolute atomic E-state index is 13.4. The molecular weight excluding hydrogens is 380 g/mol. The molecule has 150 valence electrons. The second kappa shape index (κ2) is 9.71. The van der Waals surface area contributed by atoms with Gasteiger partial charge in [-0.3, -0.25) is 4.79 Å². The molecule has 0 radical (unpaired) electrons. The summed E-state index contributed by atoms with van der Waals surface area (Å²) in [5, 5.41) is 0.664. The zero-order valence-corrected chi connectivity index (χ0v) is 18.0. The Bertz CT molecular complexity index is 947. The van der Waals surface area contributed by atoms with Crippen LogP contribution in [0, 0.1) is 6.92 Å². The topological polar surface area (TPSA) is 33.2 Å². The molecule has 0 spiro atoms. The van der Waals surface area contributed by atoms with Crippen molar-refractivity contribution in [3.8, 4) is 0 Å². The van der Waals surface area contributed by atoms with Gasteiger partial charge in [0.2, 0.25) is 0 Å². The van der Waals surface area contributed by atoms with Crippen LogP contribution in [-0.4, -0.2) is 23.9 Å². The number of halogens is 1. The molecule has 0 saturated heterocycles. The SMILES string of the molecule is CCN(CC)c1cccc(CC(C(=O)c2ccc(C)cc2)c2ccc(Cl)cc2)n1. The lowest BCUT2D eigenvalue weighted by molar-refractivity contribution is 0.0958. The van der Waals surface area contributed by atoms with E-state index >= 15 is 0 Å². The molecule has 0 aliphatic rings. The van der Waals surface area contributed by atoms with Crippen molar-refractivity contribution in [2.45, 2.75) is 33.1 Å². The molecule has 3 aromatic rings. The van der Waals surface area contributed by atoms with Crippen molar-refractivity contribution in [3.05, 3.63) is 94.1 Å². The molecule has 0 aliphatic heterocycles. The maximum atomic E-state index is 13.4. The fourth-order valence-electron chi connectivity index (χ4n) is 3.49. The number of carbonyl (C=O) groups is 1. The zero-order chi connectivity index (χ0) is 20.8. The lowest BCUT2D eigenvalue weighted by Crippen LogP contribution is -2.23. The minimum atomic E-state index is -0.311. The molecule has 0 amide bonds. The fourth-order valence-corrected chi connectivity index (χ4v) is 3.62. The van der Waals surface area contributed by atoms with Crippen LogP contribution in [0.25, 0.3) is 0 Å². The number of pyridine rings is 1. The molecule has 1 atom stereocenters. The van der Waals surface area contributed by atoms with Gasteiger partial charge >= 0.3 is 0 Å². The Morgan fingerprint density at radius 1 is 0.966 bits per heavy atom. The van der Waals surface area contributed by atoms with Crippen LogP contribution < -0.4 is 4.90 Å². The summed E-state index contributed by atoms with van der Waals surface area (Å²) in [6.07, 6.45) is 0.545. The van der Waals surface area contributed by atoms with Crippen LogP contribution in [0.4, 0.5) is 5.82 Å². The van der Waals surface area contributed by atoms with Gasteiger partial charge in [-0.25, -0.2) is 4.98 Å². The number of nitrogens with zero attached hydrogens (tertiary/aromatic N) is 2. The Morgan fingerprint density at radius 3 is 2.24 bits per heavy atom. The summed E-state index contributed by atoms with van der Waals surface area (Å²) in [5.41, 5.74) is 3.72. The second-order valence-corrected chi connectivity index (χ2v) is 7.63. The number of hydrogen-bond donors (Lipinski definition) is 0. The number of ketones is 1. The van der Waals surface area contributed by atoms with Crippen LogP contribution in [-0.2, 0) is 6.42 Å². The van der Waals surface area contributed by atoms with E-state index in [4.69, 9.17) is 16.6 Å². The lowest BCUT2D eigenvalue weighted by Gasteiger charge is -2.21. The minimum absolute atomic E-state index is 0.0994. The van der Waals surface area contributed by atoms with E-state index in [-0.39, 0.29) is 11.7 Å². The highest BCUT2D eigenvalue weighted by Crippen LogP contribution is 2.27. The Morgan fingerprint density at radius 2 is 1.62 bits per heavy atom. The molecule has 1 heterocycles. The van der Waals surface area contributed by atoms with Gasteiger partial charge in [-0.1, -0.05) is 59.6 Å². The summed E-state index contributed by atoms with van der Waals surface area (Å²) >= 11 is 6.08. The third kappa shape index (κ3) is 5.24. The van der Waals surface area contributed by atoms with Crippen LogP contribution in [0.3, 0.4) is 0 Å². The van der Waals surface area contributed by atoms with Gasteiger partial charge in [-0.2, -0.15) is 0 Å². The van der Waals surface area contributed by atoms with E-state index in [0.717, 1.165) is 41.3 Å². The van der Waals surface area contributed by atoms with Gasteiger partial charge in [0.15, 0.2) is 5.78 Å². The largest absolute Gasteiger partial charge is 0.357 e. The Kier molecular flexibility index (Phi) is 7.05. The zero-order valence-electron chi connectivity index (χ0n) is 17.2. The van der Waals surface area contributed by atoms with E-state index in [9.17, 15) is 4.79 Å². The third-order valence-electron chi connectivity index (χ3n) is 5.22. The lowest BCUT2D eigenvalue weighted by atomic mass is 9.86. The number of Topliss-reactive ketones (excluding diaryl/α,β-unsaturated/α-hetero) is 1. The quantitative estimate of drug-likeness (QED) is 0.424. The van der Waals surface area contributed by atoms with Crippen molar-refractivity contribution in [1.82, 2.24) is 4.98 Å². The summed E-state index contributed by atoms with van der Waals surface area (Å²) in [6.45, 7) is 8.06. The smallest absolute Gasteiger partial charge is 0.170 e. The van der Waals surface area contributed by atoms with Crippen molar-refractivity contribution in [1.29, 1.82) is 0 Å². The number of aromatic nitrogens is 1. The highest BCUT2D eigenvalue weighted by atomic mass is 35.5. The van der Waals surface area contributed by atoms with Crippen molar-refractivity contribution in [2.75, 3.05) is 18.0 Å². The highest BCUT2D eigenvalue weighted by Gasteiger charge is 2.23. The third-order valence-corrected chi connectivity index (χ3v) is 5.47. The van der Waals surface area contributed by atoms with Gasteiger partial charge in [0.25, 0.3) is 0 Å². The monoisotopic (exact) mass is 406 g/mol. The van der Waals surface area contributed by atoms with Gasteiger partial charge < -0.3 is 4.90 Å². The molecule has 0 bridgehead atoms. The van der Waals surface area contributed by atoms with Gasteiger partial charge in [-0.15, -0.1) is 0 Å². The number of hydrogen-bond acceptors (Lipinski definition) is 3. The van der Waals surface area contributed by atoms with E-state index in [1.54, 1.807) is 0 Å². The first kappa shape index (κ1) is 21.1. The normalized spacial score (nSPS) is 11.9. The van der Waals surface area contributed by atoms with Crippen molar-refractivity contribution in [2.24, 2.45) is 0 Å². The summed E-state index contributed by atoms with van der Waals surface area (Å²) in [7, 11) is 0. The average Bonchev–Trinajstić information content (AvgIpc) is 2.74. The molecule has 4 heteroatoms. The summed E-state index contributed by atoms with van der Waals surface area (Å²) in [6, 6.07) is 21.4. The molecular formula is C25H27ClN2O. The predicted molar refractivity (Wildman–Crippen MR) is 121 cm³/mol. The van der Waals surface area contributed by atoms with Crippen LogP contribution in [0.15, 0.2) is 66.7 Å².